The van der Waals surface area contributed by atoms with Crippen LogP contribution in [-0.2, 0) is 7.05 Å². The second-order valence-electron chi connectivity index (χ2n) is 5.95. The third kappa shape index (κ3) is 2.94. The van der Waals surface area contributed by atoms with E-state index in [9.17, 15) is 15.0 Å². The van der Waals surface area contributed by atoms with E-state index in [-0.39, 0.29) is 19.1 Å². The Balaban J connectivity index is 2.30. The zero-order valence-electron chi connectivity index (χ0n) is 12.7. The van der Waals surface area contributed by atoms with Gasteiger partial charge in [0.05, 0.1) is 13.2 Å². The summed E-state index contributed by atoms with van der Waals surface area (Å²) in [5.74, 6) is -0.111. The molecule has 0 atom stereocenters. The third-order valence-corrected chi connectivity index (χ3v) is 3.89. The van der Waals surface area contributed by atoms with Crippen molar-refractivity contribution in [3.05, 3.63) is 36.0 Å². The molecule has 5 nitrogen and oxygen atoms in total. The van der Waals surface area contributed by atoms with Gasteiger partial charge >= 0.3 is 0 Å². The normalized spacial score (nSPS) is 11.9. The lowest BCUT2D eigenvalue weighted by Crippen LogP contribution is -2.41. The summed E-state index contributed by atoms with van der Waals surface area (Å²) in [6, 6.07) is 7.56. The van der Waals surface area contributed by atoms with Gasteiger partial charge in [-0.3, -0.25) is 4.79 Å². The number of hydrogen-bond acceptors (Lipinski definition) is 3. The molecule has 114 valence electrons. The monoisotopic (exact) mass is 290 g/mol. The Morgan fingerprint density at radius 2 is 1.95 bits per heavy atom. The number of fused-ring (bicyclic) bond motifs is 1. The number of rotatable bonds is 5. The van der Waals surface area contributed by atoms with Crippen molar-refractivity contribution >= 4 is 16.8 Å². The highest BCUT2D eigenvalue weighted by Gasteiger charge is 2.27. The standard InChI is InChI=1S/C16H22N2O3/c1-16(10-19,11-20)9-18(3)15(21)13-5-4-6-14-12(13)7-8-17(14)2/h4-8,19-20H,9-11H2,1-3H3. The van der Waals surface area contributed by atoms with Gasteiger partial charge < -0.3 is 19.7 Å². The fourth-order valence-electron chi connectivity index (χ4n) is 2.49. The van der Waals surface area contributed by atoms with Crippen LogP contribution in [-0.4, -0.2) is 52.4 Å². The van der Waals surface area contributed by atoms with Gasteiger partial charge in [-0.15, -0.1) is 0 Å². The summed E-state index contributed by atoms with van der Waals surface area (Å²) in [7, 11) is 3.63. The number of aryl methyl sites for hydroxylation is 1. The average molecular weight is 290 g/mol. The van der Waals surface area contributed by atoms with Crippen molar-refractivity contribution in [2.45, 2.75) is 6.92 Å². The van der Waals surface area contributed by atoms with E-state index in [0.29, 0.717) is 12.1 Å². The Morgan fingerprint density at radius 1 is 1.29 bits per heavy atom. The molecule has 5 heteroatoms. The Morgan fingerprint density at radius 3 is 2.57 bits per heavy atom. The summed E-state index contributed by atoms with van der Waals surface area (Å²) in [6.07, 6.45) is 1.92. The molecule has 1 amide bonds. The predicted octanol–water partition coefficient (Wildman–Crippen LogP) is 1.24. The lowest BCUT2D eigenvalue weighted by Gasteiger charge is -2.30. The Labute approximate surface area is 124 Å². The van der Waals surface area contributed by atoms with Gasteiger partial charge in [-0.25, -0.2) is 0 Å². The molecule has 2 rings (SSSR count). The van der Waals surface area contributed by atoms with Gasteiger partial charge in [0.25, 0.3) is 5.91 Å². The topological polar surface area (TPSA) is 65.7 Å². The first-order valence-corrected chi connectivity index (χ1v) is 6.93. The average Bonchev–Trinajstić information content (AvgIpc) is 2.88. The Kier molecular flexibility index (Phi) is 4.34. The quantitative estimate of drug-likeness (QED) is 0.871. The van der Waals surface area contributed by atoms with Crippen LogP contribution in [0.25, 0.3) is 10.9 Å². The van der Waals surface area contributed by atoms with Crippen molar-refractivity contribution in [3.8, 4) is 0 Å². The maximum absolute atomic E-state index is 12.6. The van der Waals surface area contributed by atoms with E-state index in [4.69, 9.17) is 0 Å². The van der Waals surface area contributed by atoms with Crippen LogP contribution in [0.3, 0.4) is 0 Å². The van der Waals surface area contributed by atoms with Gasteiger partial charge in [-0.05, 0) is 18.2 Å². The van der Waals surface area contributed by atoms with E-state index < -0.39 is 5.41 Å². The summed E-state index contributed by atoms with van der Waals surface area (Å²) in [5.41, 5.74) is 0.935. The van der Waals surface area contributed by atoms with Crippen molar-refractivity contribution in [1.29, 1.82) is 0 Å². The number of benzene rings is 1. The van der Waals surface area contributed by atoms with Gasteiger partial charge in [0.2, 0.25) is 0 Å². The van der Waals surface area contributed by atoms with Gasteiger partial charge in [-0.1, -0.05) is 13.0 Å². The first kappa shape index (κ1) is 15.5. The molecule has 2 N–H and O–H groups in total. The molecular weight excluding hydrogens is 268 g/mol. The lowest BCUT2D eigenvalue weighted by atomic mass is 9.92. The lowest BCUT2D eigenvalue weighted by molar-refractivity contribution is 0.0367. The van der Waals surface area contributed by atoms with E-state index in [1.165, 1.54) is 0 Å². The van der Waals surface area contributed by atoms with E-state index >= 15 is 0 Å². The number of aromatic nitrogens is 1. The molecule has 0 unspecified atom stereocenters. The Bertz CT molecular complexity index is 644. The number of hydrogen-bond donors (Lipinski definition) is 2. The molecular formula is C16H22N2O3. The van der Waals surface area contributed by atoms with Gasteiger partial charge in [0.1, 0.15) is 0 Å². The molecule has 0 fully saturated rings. The number of aliphatic hydroxyl groups excluding tert-OH is 2. The summed E-state index contributed by atoms with van der Waals surface area (Å²) in [4.78, 5) is 14.2. The molecule has 1 heterocycles. The predicted molar refractivity (Wildman–Crippen MR) is 82.2 cm³/mol. The summed E-state index contributed by atoms with van der Waals surface area (Å²) >= 11 is 0. The van der Waals surface area contributed by atoms with Crippen molar-refractivity contribution in [1.82, 2.24) is 9.47 Å². The molecule has 21 heavy (non-hydrogen) atoms. The smallest absolute Gasteiger partial charge is 0.254 e. The first-order chi connectivity index (χ1) is 9.91. The minimum Gasteiger partial charge on any atom is -0.396 e. The fraction of sp³-hybridized carbons (Fsp3) is 0.438. The molecule has 0 saturated heterocycles. The fourth-order valence-corrected chi connectivity index (χ4v) is 2.49. The van der Waals surface area contributed by atoms with Crippen LogP contribution in [0.2, 0.25) is 0 Å². The van der Waals surface area contributed by atoms with Crippen molar-refractivity contribution < 1.29 is 15.0 Å². The number of carbonyl (C=O) groups excluding carboxylic acids is 1. The van der Waals surface area contributed by atoms with Crippen LogP contribution >= 0.6 is 0 Å². The number of nitrogens with zero attached hydrogens (tertiary/aromatic N) is 2. The minimum absolute atomic E-state index is 0.111. The minimum atomic E-state index is -0.699. The highest BCUT2D eigenvalue weighted by Crippen LogP contribution is 2.22. The molecule has 2 aromatic rings. The zero-order chi connectivity index (χ0) is 15.6. The zero-order valence-corrected chi connectivity index (χ0v) is 12.7. The molecule has 0 bridgehead atoms. The maximum atomic E-state index is 12.6. The molecule has 0 aliphatic carbocycles. The van der Waals surface area contributed by atoms with Crippen LogP contribution in [0.15, 0.2) is 30.5 Å². The van der Waals surface area contributed by atoms with Crippen molar-refractivity contribution in [2.75, 3.05) is 26.8 Å². The highest BCUT2D eigenvalue weighted by atomic mass is 16.3. The summed E-state index contributed by atoms with van der Waals surface area (Å²) in [5, 5.41) is 19.6. The molecule has 0 radical (unpaired) electrons. The summed E-state index contributed by atoms with van der Waals surface area (Å²) < 4.78 is 1.97. The van der Waals surface area contributed by atoms with Crippen LogP contribution in [0.1, 0.15) is 17.3 Å². The van der Waals surface area contributed by atoms with Crippen LogP contribution < -0.4 is 0 Å². The largest absolute Gasteiger partial charge is 0.396 e. The molecule has 0 aliphatic rings. The van der Waals surface area contributed by atoms with Crippen LogP contribution in [0.4, 0.5) is 0 Å². The molecule has 0 spiro atoms. The second kappa shape index (κ2) is 5.87. The van der Waals surface area contributed by atoms with Gasteiger partial charge in [0, 0.05) is 48.7 Å². The van der Waals surface area contributed by atoms with E-state index in [0.717, 1.165) is 10.9 Å². The highest BCUT2D eigenvalue weighted by molar-refractivity contribution is 6.06. The van der Waals surface area contributed by atoms with Crippen LogP contribution in [0.5, 0.6) is 0 Å². The van der Waals surface area contributed by atoms with E-state index in [1.807, 2.05) is 36.0 Å². The second-order valence-corrected chi connectivity index (χ2v) is 5.95. The molecule has 0 saturated carbocycles. The van der Waals surface area contributed by atoms with Crippen molar-refractivity contribution in [2.24, 2.45) is 12.5 Å². The first-order valence-electron chi connectivity index (χ1n) is 6.93. The third-order valence-electron chi connectivity index (χ3n) is 3.89. The Hall–Kier alpha value is -1.85. The van der Waals surface area contributed by atoms with Gasteiger partial charge in [-0.2, -0.15) is 0 Å². The maximum Gasteiger partial charge on any atom is 0.254 e. The molecule has 0 aliphatic heterocycles. The van der Waals surface area contributed by atoms with Crippen LogP contribution in [0, 0.1) is 5.41 Å². The number of amides is 1. The van der Waals surface area contributed by atoms with E-state index in [2.05, 4.69) is 0 Å². The summed E-state index contributed by atoms with van der Waals surface area (Å²) in [6.45, 7) is 1.70. The van der Waals surface area contributed by atoms with E-state index in [1.54, 1.807) is 24.9 Å². The number of aliphatic hydroxyl groups is 2. The SMILES string of the molecule is CN(CC(C)(CO)CO)C(=O)c1cccc2c1ccn2C. The number of carbonyl (C=O) groups is 1. The van der Waals surface area contributed by atoms with Crippen molar-refractivity contribution in [3.63, 3.8) is 0 Å². The molecule has 1 aromatic carbocycles. The molecule has 1 aromatic heterocycles. The van der Waals surface area contributed by atoms with Gasteiger partial charge in [0.15, 0.2) is 0 Å².